The van der Waals surface area contributed by atoms with Crippen molar-refractivity contribution in [3.63, 3.8) is 0 Å². The van der Waals surface area contributed by atoms with E-state index in [1.807, 2.05) is 48.5 Å². The predicted octanol–water partition coefficient (Wildman–Crippen LogP) is 5.07. The fraction of sp³-hybridized carbons (Fsp3) is 0.0952. The lowest BCUT2D eigenvalue weighted by atomic mass is 10.1. The third-order valence-electron chi connectivity index (χ3n) is 4.68. The number of aliphatic imine (C=N–C) groups is 1. The molecule has 1 aromatic heterocycles. The van der Waals surface area contributed by atoms with Crippen molar-refractivity contribution in [1.29, 1.82) is 0 Å². The summed E-state index contributed by atoms with van der Waals surface area (Å²) in [6, 6.07) is 24.4. The molecule has 0 radical (unpaired) electrons. The van der Waals surface area contributed by atoms with E-state index in [0.29, 0.717) is 5.29 Å². The van der Waals surface area contributed by atoms with Crippen LogP contribution in [0.2, 0.25) is 0 Å². The van der Waals surface area contributed by atoms with Gasteiger partial charge in [0.25, 0.3) is 0 Å². The van der Waals surface area contributed by atoms with E-state index in [0.717, 1.165) is 33.1 Å². The molecule has 2 N–H and O–H groups in total. The van der Waals surface area contributed by atoms with Crippen LogP contribution >= 0.6 is 11.6 Å². The van der Waals surface area contributed by atoms with Crippen LogP contribution < -0.4 is 10.6 Å². The van der Waals surface area contributed by atoms with E-state index < -0.39 is 0 Å². The number of para-hydroxylation sites is 1. The summed E-state index contributed by atoms with van der Waals surface area (Å²) in [4.78, 5) is 4.46. The first-order chi connectivity index (χ1) is 12.8. The second kappa shape index (κ2) is 6.16. The lowest BCUT2D eigenvalue weighted by Gasteiger charge is -2.29. The van der Waals surface area contributed by atoms with Crippen LogP contribution in [-0.4, -0.2) is 5.29 Å². The van der Waals surface area contributed by atoms with Crippen LogP contribution in [0, 0.1) is 0 Å². The van der Waals surface area contributed by atoms with Gasteiger partial charge in [0.2, 0.25) is 0 Å². The average molecular weight is 362 g/mol. The number of halogens is 1. The number of furan rings is 1. The van der Waals surface area contributed by atoms with Crippen LogP contribution in [0.5, 0.6) is 0 Å². The van der Waals surface area contributed by atoms with Crippen molar-refractivity contribution in [3.8, 4) is 0 Å². The minimum absolute atomic E-state index is 0.150. The van der Waals surface area contributed by atoms with E-state index in [2.05, 4.69) is 39.9 Å². The predicted molar refractivity (Wildman–Crippen MR) is 105 cm³/mol. The zero-order valence-corrected chi connectivity index (χ0v) is 14.6. The molecule has 1 aliphatic heterocycles. The van der Waals surface area contributed by atoms with Gasteiger partial charge >= 0.3 is 0 Å². The second-order valence-electron chi connectivity index (χ2n) is 6.33. The minimum Gasteiger partial charge on any atom is -0.456 e. The SMILES string of the molecule is ClC1=NC(c2ccccc2)NC(c2ccc3c(c2)oc2ccccc23)N1. The maximum atomic E-state index is 6.26. The third-order valence-corrected chi connectivity index (χ3v) is 4.89. The van der Waals surface area contributed by atoms with Gasteiger partial charge in [0.1, 0.15) is 23.5 Å². The molecule has 0 aliphatic carbocycles. The molecule has 26 heavy (non-hydrogen) atoms. The first-order valence-corrected chi connectivity index (χ1v) is 8.88. The van der Waals surface area contributed by atoms with E-state index in [4.69, 9.17) is 16.0 Å². The Kier molecular flexibility index (Phi) is 3.66. The van der Waals surface area contributed by atoms with Crippen molar-refractivity contribution < 1.29 is 4.42 Å². The molecule has 4 nitrogen and oxygen atoms in total. The molecule has 3 aromatic carbocycles. The van der Waals surface area contributed by atoms with Gasteiger partial charge in [0.15, 0.2) is 5.29 Å². The highest BCUT2D eigenvalue weighted by atomic mass is 35.5. The molecule has 0 amide bonds. The number of amidine groups is 1. The van der Waals surface area contributed by atoms with Crippen LogP contribution in [0.3, 0.4) is 0 Å². The van der Waals surface area contributed by atoms with E-state index in [9.17, 15) is 0 Å². The molecular formula is C21H16ClN3O. The summed E-state index contributed by atoms with van der Waals surface area (Å²) in [5.41, 5.74) is 3.88. The van der Waals surface area contributed by atoms with Crippen LogP contribution in [0.25, 0.3) is 21.9 Å². The Balaban J connectivity index is 1.53. The molecule has 1 aliphatic rings. The van der Waals surface area contributed by atoms with Gasteiger partial charge in [-0.05, 0) is 34.9 Å². The van der Waals surface area contributed by atoms with Gasteiger partial charge < -0.3 is 9.73 Å². The molecule has 128 valence electrons. The number of fused-ring (bicyclic) bond motifs is 3. The van der Waals surface area contributed by atoms with Gasteiger partial charge in [-0.3, -0.25) is 5.32 Å². The first kappa shape index (κ1) is 15.4. The topological polar surface area (TPSA) is 49.6 Å². The highest BCUT2D eigenvalue weighted by molar-refractivity contribution is 6.64. The van der Waals surface area contributed by atoms with Crippen molar-refractivity contribution in [3.05, 3.63) is 83.9 Å². The molecule has 0 spiro atoms. The third kappa shape index (κ3) is 2.64. The summed E-state index contributed by atoms with van der Waals surface area (Å²) in [5, 5.41) is 9.32. The van der Waals surface area contributed by atoms with Crippen molar-refractivity contribution in [2.45, 2.75) is 12.3 Å². The summed E-state index contributed by atoms with van der Waals surface area (Å²) >= 11 is 6.26. The van der Waals surface area contributed by atoms with E-state index in [1.54, 1.807) is 0 Å². The fourth-order valence-corrected chi connectivity index (χ4v) is 3.62. The average Bonchev–Trinajstić information content (AvgIpc) is 3.06. The Morgan fingerprint density at radius 2 is 1.58 bits per heavy atom. The Bertz CT molecular complexity index is 1120. The molecule has 0 saturated carbocycles. The molecule has 2 atom stereocenters. The lowest BCUT2D eigenvalue weighted by molar-refractivity contribution is 0.412. The van der Waals surface area contributed by atoms with Crippen LogP contribution in [0.1, 0.15) is 23.5 Å². The van der Waals surface area contributed by atoms with Gasteiger partial charge in [0.05, 0.1) is 0 Å². The standard InChI is InChI=1S/C21H16ClN3O/c22-21-24-19(13-6-2-1-3-7-13)23-20(25-21)14-10-11-16-15-8-4-5-9-17(15)26-18(16)12-14/h1-12,19-20,23H,(H,24,25). The smallest absolute Gasteiger partial charge is 0.194 e. The van der Waals surface area contributed by atoms with Crippen molar-refractivity contribution in [1.82, 2.24) is 10.6 Å². The Morgan fingerprint density at radius 3 is 2.46 bits per heavy atom. The quantitative estimate of drug-likeness (QED) is 0.490. The number of nitrogens with zero attached hydrogens (tertiary/aromatic N) is 1. The Labute approximate surface area is 155 Å². The van der Waals surface area contributed by atoms with Crippen molar-refractivity contribution in [2.75, 3.05) is 0 Å². The number of hydrogen-bond donors (Lipinski definition) is 2. The highest BCUT2D eigenvalue weighted by Gasteiger charge is 2.24. The summed E-state index contributed by atoms with van der Waals surface area (Å²) in [5.74, 6) is 0. The van der Waals surface area contributed by atoms with Crippen LogP contribution in [0.4, 0.5) is 0 Å². The largest absolute Gasteiger partial charge is 0.456 e. The monoisotopic (exact) mass is 361 g/mol. The number of rotatable bonds is 2. The zero-order valence-electron chi connectivity index (χ0n) is 13.8. The normalized spacial score (nSPS) is 20.1. The van der Waals surface area contributed by atoms with Crippen molar-refractivity contribution in [2.24, 2.45) is 4.99 Å². The molecule has 5 rings (SSSR count). The number of benzene rings is 3. The molecule has 0 fully saturated rings. The molecule has 5 heteroatoms. The summed E-state index contributed by atoms with van der Waals surface area (Å²) < 4.78 is 6.00. The fourth-order valence-electron chi connectivity index (χ4n) is 3.41. The Morgan fingerprint density at radius 1 is 0.808 bits per heavy atom. The minimum atomic E-state index is -0.193. The molecule has 4 aromatic rings. The molecule has 0 saturated heterocycles. The van der Waals surface area contributed by atoms with Gasteiger partial charge in [-0.15, -0.1) is 0 Å². The molecule has 0 bridgehead atoms. The number of hydrogen-bond acceptors (Lipinski definition) is 4. The zero-order chi connectivity index (χ0) is 17.5. The maximum Gasteiger partial charge on any atom is 0.194 e. The van der Waals surface area contributed by atoms with E-state index in [-0.39, 0.29) is 12.3 Å². The van der Waals surface area contributed by atoms with Gasteiger partial charge in [-0.25, -0.2) is 4.99 Å². The summed E-state index contributed by atoms with van der Waals surface area (Å²) in [7, 11) is 0. The Hall–Kier alpha value is -2.82. The van der Waals surface area contributed by atoms with Crippen LogP contribution in [0.15, 0.2) is 82.2 Å². The highest BCUT2D eigenvalue weighted by Crippen LogP contribution is 2.31. The molecule has 2 unspecified atom stereocenters. The summed E-state index contributed by atoms with van der Waals surface area (Å²) in [6.07, 6.45) is -0.343. The van der Waals surface area contributed by atoms with Crippen LogP contribution in [-0.2, 0) is 0 Å². The summed E-state index contributed by atoms with van der Waals surface area (Å²) in [6.45, 7) is 0. The molecular weight excluding hydrogens is 346 g/mol. The molecule has 2 heterocycles. The first-order valence-electron chi connectivity index (χ1n) is 8.50. The van der Waals surface area contributed by atoms with E-state index in [1.165, 1.54) is 0 Å². The van der Waals surface area contributed by atoms with Gasteiger partial charge in [0, 0.05) is 10.8 Å². The number of nitrogens with one attached hydrogen (secondary N) is 2. The lowest BCUT2D eigenvalue weighted by Crippen LogP contribution is -2.42. The second-order valence-corrected chi connectivity index (χ2v) is 6.69. The van der Waals surface area contributed by atoms with Gasteiger partial charge in [-0.1, -0.05) is 60.7 Å². The van der Waals surface area contributed by atoms with Gasteiger partial charge in [-0.2, -0.15) is 0 Å². The maximum absolute atomic E-state index is 6.26. The van der Waals surface area contributed by atoms with Crippen molar-refractivity contribution >= 4 is 38.8 Å². The van der Waals surface area contributed by atoms with E-state index >= 15 is 0 Å².